The van der Waals surface area contributed by atoms with E-state index in [4.69, 9.17) is 9.47 Å². The molecule has 0 spiro atoms. The normalized spacial score (nSPS) is 14.1. The van der Waals surface area contributed by atoms with Crippen molar-refractivity contribution in [2.75, 3.05) is 0 Å². The van der Waals surface area contributed by atoms with Crippen LogP contribution in [0.2, 0.25) is 0 Å². The van der Waals surface area contributed by atoms with Crippen molar-refractivity contribution in [3.8, 4) is 23.0 Å². The molecule has 0 saturated carbocycles. The maximum Gasteiger partial charge on any atom is 0.488 e. The van der Waals surface area contributed by atoms with Gasteiger partial charge in [0.1, 0.15) is 23.0 Å². The van der Waals surface area contributed by atoms with Gasteiger partial charge in [0, 0.05) is 15.0 Å². The van der Waals surface area contributed by atoms with Gasteiger partial charge in [-0.15, -0.1) is 3.89 Å². The third-order valence-electron chi connectivity index (χ3n) is 3.69. The summed E-state index contributed by atoms with van der Waals surface area (Å²) in [7, 11) is -9.29. The smallest absolute Gasteiger partial charge is 0.451 e. The summed E-state index contributed by atoms with van der Waals surface area (Å²) in [5, 5.41) is 0. The fourth-order valence-corrected chi connectivity index (χ4v) is 3.53. The molecular weight excluding hydrogens is 581 g/mol. The van der Waals surface area contributed by atoms with Crippen molar-refractivity contribution >= 4 is 49.2 Å². The zero-order valence-electron chi connectivity index (χ0n) is 16.0. The molecule has 2 unspecified atom stereocenters. The van der Waals surface area contributed by atoms with Crippen LogP contribution in [-0.2, 0) is 20.7 Å². The van der Waals surface area contributed by atoms with Crippen LogP contribution in [0.3, 0.4) is 0 Å². The zero-order valence-corrected chi connectivity index (χ0v) is 19.8. The van der Waals surface area contributed by atoms with Gasteiger partial charge < -0.3 is 17.8 Å². The van der Waals surface area contributed by atoms with Crippen molar-refractivity contribution in [3.63, 3.8) is 0 Å². The third-order valence-corrected chi connectivity index (χ3v) is 5.24. The number of hydrogen-bond donors (Lipinski definition) is 0. The molecule has 3 aromatic rings. The van der Waals surface area contributed by atoms with Crippen LogP contribution in [0.25, 0.3) is 0 Å². The average molecular weight is 596 g/mol. The fourth-order valence-electron chi connectivity index (χ4n) is 2.43. The Balaban J connectivity index is 1.80. The van der Waals surface area contributed by atoms with E-state index in [1.54, 1.807) is 12.1 Å². The molecule has 0 aromatic heterocycles. The van der Waals surface area contributed by atoms with E-state index in [-0.39, 0.29) is 17.2 Å². The van der Waals surface area contributed by atoms with Crippen molar-refractivity contribution in [2.45, 2.75) is 6.29 Å². The largest absolute Gasteiger partial charge is 0.488 e. The topological polar surface area (TPSA) is 88.1 Å². The van der Waals surface area contributed by atoms with Gasteiger partial charge in [-0.1, -0.05) is 16.0 Å². The molecule has 32 heavy (non-hydrogen) atoms. The van der Waals surface area contributed by atoms with Gasteiger partial charge in [-0.3, -0.25) is 0 Å². The predicted molar refractivity (Wildman–Crippen MR) is 124 cm³/mol. The highest BCUT2D eigenvalue weighted by Crippen LogP contribution is 2.29. The summed E-state index contributed by atoms with van der Waals surface area (Å²) in [6.07, 6.45) is -0.936. The van der Waals surface area contributed by atoms with Crippen LogP contribution < -0.4 is 17.8 Å². The highest BCUT2D eigenvalue weighted by atomic mass is 127. The first-order valence-electron chi connectivity index (χ1n) is 8.66. The number of rotatable bonds is 9. The first-order chi connectivity index (χ1) is 15.0. The molecule has 0 N–H and O–H groups in total. The molecule has 3 aromatic carbocycles. The molecule has 170 valence electrons. The zero-order chi connectivity index (χ0) is 23.4. The third kappa shape index (κ3) is 7.84. The Morgan fingerprint density at radius 1 is 0.688 bits per heavy atom. The molecule has 3 rings (SSSR count). The van der Waals surface area contributed by atoms with Crippen molar-refractivity contribution < 1.29 is 38.2 Å². The number of benzene rings is 3. The molecule has 0 fully saturated rings. The second kappa shape index (κ2) is 9.92. The summed E-state index contributed by atoms with van der Waals surface area (Å²) in [6, 6.07) is 18.1. The molecule has 0 aliphatic rings. The highest BCUT2D eigenvalue weighted by molar-refractivity contribution is 14.1. The van der Waals surface area contributed by atoms with E-state index in [9.17, 15) is 20.4 Å². The van der Waals surface area contributed by atoms with Gasteiger partial charge in [-0.05, 0) is 83.3 Å². The van der Waals surface area contributed by atoms with E-state index in [1.807, 2.05) is 12.1 Å². The summed E-state index contributed by atoms with van der Waals surface area (Å²) >= 11 is 2.15. The van der Waals surface area contributed by atoms with Crippen LogP contribution in [0.15, 0.2) is 72.8 Å². The van der Waals surface area contributed by atoms with E-state index >= 15 is 0 Å². The van der Waals surface area contributed by atoms with Gasteiger partial charge in [0.2, 0.25) is 0 Å². The first kappa shape index (κ1) is 24.1. The van der Waals surface area contributed by atoms with Crippen LogP contribution in [0.5, 0.6) is 23.0 Å². The molecule has 12 heteroatoms. The monoisotopic (exact) mass is 596 g/mol. The maximum atomic E-state index is 13.1. The van der Waals surface area contributed by atoms with Gasteiger partial charge in [-0.25, -0.2) is 0 Å². The highest BCUT2D eigenvalue weighted by Gasteiger charge is 2.17. The van der Waals surface area contributed by atoms with Crippen LogP contribution in [-0.4, -0.2) is 18.5 Å². The van der Waals surface area contributed by atoms with Gasteiger partial charge >= 0.3 is 10.5 Å². The number of halogens is 3. The van der Waals surface area contributed by atoms with Crippen LogP contribution in [0.4, 0.5) is 7.77 Å². The van der Waals surface area contributed by atoms with E-state index in [0.717, 1.165) is 3.57 Å². The summed E-state index contributed by atoms with van der Waals surface area (Å²) in [5.74, 6) is 3.18. The van der Waals surface area contributed by atoms with E-state index < -0.39 is 27.0 Å². The Labute approximate surface area is 198 Å². The van der Waals surface area contributed by atoms with Gasteiger partial charge in [-0.2, -0.15) is 12.6 Å². The minimum absolute atomic E-state index is 0.00462. The lowest BCUT2D eigenvalue weighted by Gasteiger charge is -2.21. The Kier molecular flexibility index (Phi) is 7.46. The van der Waals surface area contributed by atoms with Crippen LogP contribution >= 0.6 is 22.6 Å². The SMILES string of the molecule is C=S(=O)(F)Oc1ccc(OC(Oc2ccc(OS(=O)(=O)F)cc2)c2ccc(I)cc2)cc1. The number of hydrogen-bond acceptors (Lipinski definition) is 7. The number of ether oxygens (including phenoxy) is 2. The fraction of sp³-hybridized carbons (Fsp3) is 0.0500. The van der Waals surface area contributed by atoms with Gasteiger partial charge in [0.25, 0.3) is 16.5 Å². The summed E-state index contributed by atoms with van der Waals surface area (Å²) in [6.45, 7) is 0. The lowest BCUT2D eigenvalue weighted by molar-refractivity contribution is 0.00375. The standard InChI is InChI=1S/C20H15F2IO7S2/c1-31(21,24)29-18-10-6-16(7-11-18)27-20(14-2-4-15(23)5-3-14)28-17-8-12-19(13-9-17)30-32(22,25)26/h2-13,20H,1H2. The Hall–Kier alpha value is -2.58. The van der Waals surface area contributed by atoms with E-state index in [1.165, 1.54) is 48.5 Å². The Morgan fingerprint density at radius 3 is 1.50 bits per heavy atom. The molecular formula is C20H15F2IO7S2. The van der Waals surface area contributed by atoms with E-state index in [2.05, 4.69) is 36.8 Å². The Bertz CT molecular complexity index is 1180. The summed E-state index contributed by atoms with van der Waals surface area (Å²) < 4.78 is 79.4. The molecule has 0 aliphatic carbocycles. The minimum Gasteiger partial charge on any atom is -0.451 e. The summed E-state index contributed by atoms with van der Waals surface area (Å²) in [4.78, 5) is 0. The second-order valence-corrected chi connectivity index (χ2v) is 9.60. The lowest BCUT2D eigenvalue weighted by atomic mass is 10.2. The molecule has 0 heterocycles. The average Bonchev–Trinajstić information content (AvgIpc) is 2.69. The van der Waals surface area contributed by atoms with Crippen LogP contribution in [0, 0.1) is 3.57 Å². The van der Waals surface area contributed by atoms with Crippen molar-refractivity contribution in [2.24, 2.45) is 0 Å². The van der Waals surface area contributed by atoms with Gasteiger partial charge in [0.15, 0.2) is 0 Å². The van der Waals surface area contributed by atoms with E-state index in [0.29, 0.717) is 11.3 Å². The lowest BCUT2D eigenvalue weighted by Crippen LogP contribution is -2.15. The van der Waals surface area contributed by atoms with Crippen molar-refractivity contribution in [1.29, 1.82) is 0 Å². The quantitative estimate of drug-likeness (QED) is 0.150. The minimum atomic E-state index is -5.14. The maximum absolute atomic E-state index is 13.1. The van der Waals surface area contributed by atoms with Gasteiger partial charge in [0.05, 0.1) is 0 Å². The molecule has 2 atom stereocenters. The van der Waals surface area contributed by atoms with Crippen molar-refractivity contribution in [1.82, 2.24) is 0 Å². The first-order valence-corrected chi connectivity index (χ1v) is 12.6. The molecule has 0 amide bonds. The second-order valence-electron chi connectivity index (χ2n) is 6.16. The molecule has 0 radical (unpaired) electrons. The predicted octanol–water partition coefficient (Wildman–Crippen LogP) is 4.94. The van der Waals surface area contributed by atoms with Crippen LogP contribution in [0.1, 0.15) is 11.9 Å². The molecule has 0 bridgehead atoms. The molecule has 0 aliphatic heterocycles. The molecule has 7 nitrogen and oxygen atoms in total. The Morgan fingerprint density at radius 2 is 1.09 bits per heavy atom. The van der Waals surface area contributed by atoms with Crippen molar-refractivity contribution in [3.05, 3.63) is 81.9 Å². The molecule has 0 saturated heterocycles. The summed E-state index contributed by atoms with van der Waals surface area (Å²) in [5.41, 5.74) is 0.655.